The number of rotatable bonds is 6. The number of halogens is 1. The highest BCUT2D eigenvalue weighted by Crippen LogP contribution is 2.34. The smallest absolute Gasteiger partial charge is 0.410 e. The third kappa shape index (κ3) is 5.81. The van der Waals surface area contributed by atoms with E-state index in [9.17, 15) is 10.1 Å². The van der Waals surface area contributed by atoms with Crippen molar-refractivity contribution in [1.29, 1.82) is 5.26 Å². The Morgan fingerprint density at radius 1 is 1.13 bits per heavy atom. The van der Waals surface area contributed by atoms with Gasteiger partial charge in [-0.15, -0.1) is 0 Å². The molecule has 1 aliphatic rings. The molecule has 0 spiro atoms. The molecule has 10 heteroatoms. The second kappa shape index (κ2) is 11.5. The van der Waals surface area contributed by atoms with E-state index in [1.54, 1.807) is 33.8 Å². The second-order valence-corrected chi connectivity index (χ2v) is 9.82. The third-order valence-electron chi connectivity index (χ3n) is 6.75. The summed E-state index contributed by atoms with van der Waals surface area (Å²) in [7, 11) is 0. The molecule has 9 nitrogen and oxygen atoms in total. The number of likely N-dealkylation sites (tertiary alicyclic amines) is 1. The minimum atomic E-state index is -0.381. The van der Waals surface area contributed by atoms with Crippen molar-refractivity contribution < 1.29 is 14.3 Å². The van der Waals surface area contributed by atoms with Crippen LogP contribution in [0.15, 0.2) is 72.9 Å². The van der Waals surface area contributed by atoms with Gasteiger partial charge >= 0.3 is 6.09 Å². The number of amides is 1. The van der Waals surface area contributed by atoms with Crippen LogP contribution in [0.1, 0.15) is 36.9 Å². The molecule has 198 valence electrons. The molecule has 3 heterocycles. The van der Waals surface area contributed by atoms with E-state index >= 15 is 0 Å². The Kier molecular flexibility index (Phi) is 7.66. The van der Waals surface area contributed by atoms with Gasteiger partial charge in [-0.2, -0.15) is 10.4 Å². The van der Waals surface area contributed by atoms with Gasteiger partial charge in [-0.3, -0.25) is 0 Å². The molecule has 1 saturated heterocycles. The third-order valence-corrected chi connectivity index (χ3v) is 6.98. The maximum atomic E-state index is 12.9. The van der Waals surface area contributed by atoms with Crippen molar-refractivity contribution in [1.82, 2.24) is 19.7 Å². The van der Waals surface area contributed by atoms with Gasteiger partial charge in [0.15, 0.2) is 0 Å². The highest BCUT2D eigenvalue weighted by atomic mass is 35.5. The van der Waals surface area contributed by atoms with Gasteiger partial charge in [-0.05, 0) is 55.7 Å². The van der Waals surface area contributed by atoms with Gasteiger partial charge in [-0.25, -0.2) is 14.5 Å². The Bertz CT molecular complexity index is 1480. The minimum Gasteiger partial charge on any atom is -0.445 e. The van der Waals surface area contributed by atoms with Gasteiger partial charge in [0.25, 0.3) is 0 Å². The van der Waals surface area contributed by atoms with Crippen molar-refractivity contribution in [2.45, 2.75) is 38.5 Å². The lowest BCUT2D eigenvalue weighted by Gasteiger charge is -2.37. The van der Waals surface area contributed by atoms with Crippen molar-refractivity contribution in [2.75, 3.05) is 12.3 Å². The van der Waals surface area contributed by atoms with Crippen LogP contribution in [-0.2, 0) is 11.3 Å². The van der Waals surface area contributed by atoms with Crippen molar-refractivity contribution in [3.63, 3.8) is 0 Å². The van der Waals surface area contributed by atoms with E-state index in [1.807, 2.05) is 49.4 Å². The molecule has 0 radical (unpaired) electrons. The Labute approximate surface area is 231 Å². The molecule has 2 aromatic heterocycles. The zero-order chi connectivity index (χ0) is 27.4. The molecule has 2 aromatic carbocycles. The normalized spacial score (nSPS) is 16.9. The Balaban J connectivity index is 1.32. The first kappa shape index (κ1) is 26.1. The van der Waals surface area contributed by atoms with E-state index in [1.165, 1.54) is 6.20 Å². The largest absolute Gasteiger partial charge is 0.445 e. The van der Waals surface area contributed by atoms with Crippen LogP contribution in [0.25, 0.3) is 11.3 Å². The molecule has 0 aliphatic carbocycles. The highest BCUT2D eigenvalue weighted by molar-refractivity contribution is 6.30. The molecule has 4 aromatic rings. The number of carbonyl (C=O) groups excluding carboxylic acids is 1. The number of nitrogens with zero attached hydrogens (tertiary/aromatic N) is 5. The maximum absolute atomic E-state index is 12.9. The summed E-state index contributed by atoms with van der Waals surface area (Å²) in [5.74, 6) is 1.26. The minimum absolute atomic E-state index is 0.0129. The quantitative estimate of drug-likeness (QED) is 0.307. The average Bonchev–Trinajstić information content (AvgIpc) is 3.30. The fraction of sp³-hybridized carbons (Fsp3) is 0.241. The predicted octanol–water partition coefficient (Wildman–Crippen LogP) is 6.21. The number of ether oxygens (including phenoxy) is 2. The number of nitriles is 1. The number of hydrogen-bond donors (Lipinski definition) is 1. The van der Waals surface area contributed by atoms with Gasteiger partial charge in [0, 0.05) is 30.4 Å². The number of benzene rings is 2. The van der Waals surface area contributed by atoms with Crippen LogP contribution < -0.4 is 10.5 Å². The summed E-state index contributed by atoms with van der Waals surface area (Å²) >= 11 is 5.88. The summed E-state index contributed by atoms with van der Waals surface area (Å²) in [5, 5.41) is 15.1. The zero-order valence-corrected chi connectivity index (χ0v) is 22.1. The van der Waals surface area contributed by atoms with Crippen LogP contribution in [0.5, 0.6) is 11.6 Å². The molecule has 1 fully saturated rings. The van der Waals surface area contributed by atoms with Crippen molar-refractivity contribution in [2.24, 2.45) is 0 Å². The SMILES string of the molecule is CC1CCC(n2nc(-c3ccc(Oc4ccc(Cl)cn4)cc3)c(C#N)c2N)CN1C(=O)OCc1ccccc1. The fourth-order valence-electron chi connectivity index (χ4n) is 4.61. The first-order valence-corrected chi connectivity index (χ1v) is 13.0. The van der Waals surface area contributed by atoms with E-state index in [0.29, 0.717) is 34.5 Å². The summed E-state index contributed by atoms with van der Waals surface area (Å²) in [6, 6.07) is 22.1. The molecule has 39 heavy (non-hydrogen) atoms. The lowest BCUT2D eigenvalue weighted by Crippen LogP contribution is -2.46. The first-order chi connectivity index (χ1) is 18.9. The molecule has 2 unspecified atom stereocenters. The van der Waals surface area contributed by atoms with Crippen molar-refractivity contribution >= 4 is 23.5 Å². The van der Waals surface area contributed by atoms with Crippen molar-refractivity contribution in [3.8, 4) is 29.0 Å². The number of anilines is 1. The summed E-state index contributed by atoms with van der Waals surface area (Å²) in [6.45, 7) is 2.58. The van der Waals surface area contributed by atoms with E-state index in [0.717, 1.165) is 24.0 Å². The molecule has 1 amide bonds. The van der Waals surface area contributed by atoms with Crippen LogP contribution in [0.3, 0.4) is 0 Å². The fourth-order valence-corrected chi connectivity index (χ4v) is 4.72. The van der Waals surface area contributed by atoms with E-state index < -0.39 is 0 Å². The van der Waals surface area contributed by atoms with Crippen molar-refractivity contribution in [3.05, 3.63) is 89.1 Å². The number of aromatic nitrogens is 3. The second-order valence-electron chi connectivity index (χ2n) is 9.38. The summed E-state index contributed by atoms with van der Waals surface area (Å²) in [6.07, 6.45) is 2.65. The molecule has 5 rings (SSSR count). The predicted molar refractivity (Wildman–Crippen MR) is 147 cm³/mol. The average molecular weight is 543 g/mol. The lowest BCUT2D eigenvalue weighted by molar-refractivity contribution is 0.0591. The Morgan fingerprint density at radius 2 is 1.90 bits per heavy atom. The number of piperidine rings is 1. The number of carbonyl (C=O) groups is 1. The van der Waals surface area contributed by atoms with Gasteiger partial charge in [-0.1, -0.05) is 41.9 Å². The first-order valence-electron chi connectivity index (χ1n) is 12.6. The maximum Gasteiger partial charge on any atom is 0.410 e. The van der Waals surface area contributed by atoms with Gasteiger partial charge in [0.05, 0.1) is 11.1 Å². The van der Waals surface area contributed by atoms with Crippen LogP contribution in [0, 0.1) is 11.3 Å². The topological polar surface area (TPSA) is 119 Å². The molecule has 2 N–H and O–H groups in total. The molecule has 0 saturated carbocycles. The molecule has 2 atom stereocenters. The molecular formula is C29H27ClN6O3. The van der Waals surface area contributed by atoms with E-state index in [2.05, 4.69) is 11.1 Å². The van der Waals surface area contributed by atoms with Gasteiger partial charge in [0.2, 0.25) is 5.88 Å². The zero-order valence-electron chi connectivity index (χ0n) is 21.3. The number of nitrogens with two attached hydrogens (primary N) is 1. The van der Waals surface area contributed by atoms with Crippen LogP contribution in [-0.4, -0.2) is 38.3 Å². The Hall–Kier alpha value is -4.55. The Morgan fingerprint density at radius 3 is 2.59 bits per heavy atom. The number of hydrogen-bond acceptors (Lipinski definition) is 7. The van der Waals surface area contributed by atoms with E-state index in [-0.39, 0.29) is 30.6 Å². The van der Waals surface area contributed by atoms with Gasteiger partial charge in [0.1, 0.15) is 35.5 Å². The summed E-state index contributed by atoms with van der Waals surface area (Å²) in [5.41, 5.74) is 8.83. The molecular weight excluding hydrogens is 516 g/mol. The summed E-state index contributed by atoms with van der Waals surface area (Å²) in [4.78, 5) is 18.8. The van der Waals surface area contributed by atoms with Crippen LogP contribution in [0.2, 0.25) is 5.02 Å². The molecule has 1 aliphatic heterocycles. The van der Waals surface area contributed by atoms with E-state index in [4.69, 9.17) is 31.9 Å². The molecule has 0 bridgehead atoms. The lowest BCUT2D eigenvalue weighted by atomic mass is 10.00. The van der Waals surface area contributed by atoms with Crippen LogP contribution >= 0.6 is 11.6 Å². The number of pyridine rings is 1. The van der Waals surface area contributed by atoms with Crippen LogP contribution in [0.4, 0.5) is 10.6 Å². The highest BCUT2D eigenvalue weighted by Gasteiger charge is 2.33. The summed E-state index contributed by atoms with van der Waals surface area (Å²) < 4.78 is 13.0. The van der Waals surface area contributed by atoms with Gasteiger partial charge < -0.3 is 20.1 Å². The monoisotopic (exact) mass is 542 g/mol. The standard InChI is InChI=1S/C29H27ClN6O3/c1-19-7-11-23(17-35(19)29(37)38-18-20-5-3-2-4-6-20)36-28(32)25(15-31)27(34-36)21-8-12-24(13-9-21)39-26-14-10-22(30)16-33-26/h2-6,8-10,12-14,16,19,23H,7,11,17-18,32H2,1H3. The number of nitrogen functional groups attached to an aromatic ring is 1.